The predicted octanol–water partition coefficient (Wildman–Crippen LogP) is 3.58. The lowest BCUT2D eigenvalue weighted by Gasteiger charge is -2.27. The average molecular weight is 471 g/mol. The van der Waals surface area contributed by atoms with Gasteiger partial charge in [0.15, 0.2) is 21.3 Å². The summed E-state index contributed by atoms with van der Waals surface area (Å²) in [5.41, 5.74) is 1.76. The van der Waals surface area contributed by atoms with Crippen LogP contribution >= 0.6 is 0 Å². The lowest BCUT2D eigenvalue weighted by Crippen LogP contribution is -2.40. The van der Waals surface area contributed by atoms with Crippen LogP contribution in [0.5, 0.6) is 11.5 Å². The van der Waals surface area contributed by atoms with Crippen LogP contribution in [0.3, 0.4) is 0 Å². The van der Waals surface area contributed by atoms with Crippen LogP contribution in [0, 0.1) is 0 Å². The van der Waals surface area contributed by atoms with Gasteiger partial charge < -0.3 is 18.9 Å². The van der Waals surface area contributed by atoms with Gasteiger partial charge in [-0.05, 0) is 55.3 Å². The Hall–Kier alpha value is -3.33. The number of sulfone groups is 1. The number of nitrogens with zero attached hydrogens (tertiary/aromatic N) is 2. The Morgan fingerprint density at radius 2 is 1.82 bits per heavy atom. The van der Waals surface area contributed by atoms with Gasteiger partial charge in [0.25, 0.3) is 5.91 Å². The van der Waals surface area contributed by atoms with E-state index in [-0.39, 0.29) is 29.7 Å². The van der Waals surface area contributed by atoms with Crippen molar-refractivity contribution in [3.05, 3.63) is 65.9 Å². The van der Waals surface area contributed by atoms with E-state index in [1.807, 2.05) is 55.5 Å². The molecule has 1 amide bonds. The van der Waals surface area contributed by atoms with E-state index in [0.29, 0.717) is 24.5 Å². The van der Waals surface area contributed by atoms with Crippen LogP contribution in [0.25, 0.3) is 11.3 Å². The highest BCUT2D eigenvalue weighted by Crippen LogP contribution is 2.26. The first-order valence-corrected chi connectivity index (χ1v) is 12.5. The third-order valence-electron chi connectivity index (χ3n) is 5.60. The fraction of sp³-hybridized carbons (Fsp3) is 0.333. The van der Waals surface area contributed by atoms with Crippen molar-refractivity contribution in [3.63, 3.8) is 0 Å². The molecule has 33 heavy (non-hydrogen) atoms. The van der Waals surface area contributed by atoms with E-state index in [1.165, 1.54) is 0 Å². The maximum Gasteiger partial charge on any atom is 0.276 e. The van der Waals surface area contributed by atoms with Crippen LogP contribution in [0.4, 0.5) is 0 Å². The molecule has 9 heteroatoms. The molecular formula is C24H26N2O6S. The molecule has 0 bridgehead atoms. The zero-order valence-corrected chi connectivity index (χ0v) is 19.4. The summed E-state index contributed by atoms with van der Waals surface area (Å²) >= 11 is 0. The second kappa shape index (κ2) is 9.66. The number of hydrogen-bond donors (Lipinski definition) is 0. The van der Waals surface area contributed by atoms with E-state index in [9.17, 15) is 13.2 Å². The van der Waals surface area contributed by atoms with E-state index in [2.05, 4.69) is 5.16 Å². The van der Waals surface area contributed by atoms with Gasteiger partial charge in [0, 0.05) is 24.2 Å². The third kappa shape index (κ3) is 5.36. The average Bonchev–Trinajstić information content (AvgIpc) is 3.45. The molecule has 0 N–H and O–H groups in total. The summed E-state index contributed by atoms with van der Waals surface area (Å²) in [6.45, 7) is 2.74. The van der Waals surface area contributed by atoms with Gasteiger partial charge in [-0.1, -0.05) is 17.3 Å². The first kappa shape index (κ1) is 22.8. The van der Waals surface area contributed by atoms with E-state index in [4.69, 9.17) is 14.0 Å². The molecule has 1 aliphatic heterocycles. The van der Waals surface area contributed by atoms with E-state index in [0.717, 1.165) is 16.9 Å². The summed E-state index contributed by atoms with van der Waals surface area (Å²) in [4.78, 5) is 15.0. The Bertz CT molecular complexity index is 1200. The highest BCUT2D eigenvalue weighted by Gasteiger charge is 2.36. The van der Waals surface area contributed by atoms with Gasteiger partial charge in [0.05, 0.1) is 25.2 Å². The van der Waals surface area contributed by atoms with Crippen molar-refractivity contribution in [2.75, 3.05) is 25.2 Å². The fourth-order valence-corrected chi connectivity index (χ4v) is 5.59. The van der Waals surface area contributed by atoms with Crippen LogP contribution in [-0.2, 0) is 16.4 Å². The minimum atomic E-state index is -3.18. The number of aromatic nitrogens is 1. The van der Waals surface area contributed by atoms with Gasteiger partial charge >= 0.3 is 0 Å². The first-order valence-electron chi connectivity index (χ1n) is 10.7. The van der Waals surface area contributed by atoms with Crippen molar-refractivity contribution >= 4 is 15.7 Å². The number of carbonyl (C=O) groups is 1. The van der Waals surface area contributed by atoms with Crippen LogP contribution in [0.1, 0.15) is 29.4 Å². The number of carbonyl (C=O) groups excluding carboxylic acids is 1. The number of hydrogen-bond acceptors (Lipinski definition) is 7. The normalized spacial score (nSPS) is 17.0. The van der Waals surface area contributed by atoms with Gasteiger partial charge in [-0.2, -0.15) is 0 Å². The number of ether oxygens (including phenoxy) is 2. The summed E-state index contributed by atoms with van der Waals surface area (Å²) in [5, 5.41) is 3.98. The van der Waals surface area contributed by atoms with Crippen LogP contribution < -0.4 is 9.47 Å². The van der Waals surface area contributed by atoms with Crippen LogP contribution in [0.2, 0.25) is 0 Å². The molecular weight excluding hydrogens is 444 g/mol. The second-order valence-electron chi connectivity index (χ2n) is 7.87. The van der Waals surface area contributed by atoms with E-state index in [1.54, 1.807) is 18.1 Å². The summed E-state index contributed by atoms with van der Waals surface area (Å²) in [6, 6.07) is 15.8. The molecule has 2 aromatic carbocycles. The van der Waals surface area contributed by atoms with Gasteiger partial charge in [0.1, 0.15) is 11.5 Å². The molecule has 8 nitrogen and oxygen atoms in total. The Balaban J connectivity index is 1.58. The van der Waals surface area contributed by atoms with Crippen molar-refractivity contribution < 1.29 is 27.2 Å². The Labute approximate surface area is 193 Å². The van der Waals surface area contributed by atoms with Crippen molar-refractivity contribution in [2.45, 2.75) is 25.9 Å². The van der Waals surface area contributed by atoms with Gasteiger partial charge in [-0.3, -0.25) is 4.79 Å². The smallest absolute Gasteiger partial charge is 0.276 e. The number of amides is 1. The zero-order valence-electron chi connectivity index (χ0n) is 18.6. The highest BCUT2D eigenvalue weighted by molar-refractivity contribution is 7.91. The molecule has 3 aromatic rings. The second-order valence-corrected chi connectivity index (χ2v) is 10.1. The Morgan fingerprint density at radius 1 is 1.12 bits per heavy atom. The minimum Gasteiger partial charge on any atom is -0.497 e. The molecule has 0 spiro atoms. The van der Waals surface area contributed by atoms with Crippen molar-refractivity contribution in [3.8, 4) is 22.8 Å². The lowest BCUT2D eigenvalue weighted by atomic mass is 10.1. The van der Waals surface area contributed by atoms with E-state index >= 15 is 0 Å². The quantitative estimate of drug-likeness (QED) is 0.496. The summed E-state index contributed by atoms with van der Waals surface area (Å²) < 4.78 is 40.3. The Kier molecular flexibility index (Phi) is 6.69. The maximum absolute atomic E-state index is 13.4. The summed E-state index contributed by atoms with van der Waals surface area (Å²) in [7, 11) is -1.59. The van der Waals surface area contributed by atoms with Crippen LogP contribution in [-0.4, -0.2) is 55.6 Å². The van der Waals surface area contributed by atoms with Gasteiger partial charge in [-0.15, -0.1) is 0 Å². The first-order chi connectivity index (χ1) is 15.9. The molecule has 0 unspecified atom stereocenters. The molecule has 1 saturated heterocycles. The highest BCUT2D eigenvalue weighted by atomic mass is 32.2. The number of methoxy groups -OCH3 is 1. The Morgan fingerprint density at radius 3 is 2.42 bits per heavy atom. The fourth-order valence-electron chi connectivity index (χ4n) is 3.86. The SMILES string of the molecule is CCOc1ccc(-c2cc(C(=O)N(Cc3ccc(OC)cc3)[C@@H]3CCS(=O)(=O)C3)no2)cc1. The molecule has 1 fully saturated rings. The van der Waals surface area contributed by atoms with Gasteiger partial charge in [-0.25, -0.2) is 8.42 Å². The molecule has 4 rings (SSSR count). The van der Waals surface area contributed by atoms with Gasteiger partial charge in [0.2, 0.25) is 0 Å². The zero-order chi connectivity index (χ0) is 23.4. The molecule has 1 atom stereocenters. The summed E-state index contributed by atoms with van der Waals surface area (Å²) in [6.07, 6.45) is 0.397. The largest absolute Gasteiger partial charge is 0.497 e. The molecule has 0 aliphatic carbocycles. The minimum absolute atomic E-state index is 0.0570. The molecule has 1 aliphatic rings. The topological polar surface area (TPSA) is 98.9 Å². The molecule has 0 radical (unpaired) electrons. The number of benzene rings is 2. The molecule has 2 heterocycles. The van der Waals surface area contributed by atoms with E-state index < -0.39 is 15.9 Å². The monoisotopic (exact) mass is 470 g/mol. The van der Waals surface area contributed by atoms with Crippen LogP contribution in [0.15, 0.2) is 59.1 Å². The third-order valence-corrected chi connectivity index (χ3v) is 7.35. The standard InChI is InChI=1S/C24H26N2O6S/c1-3-31-21-10-6-18(7-11-21)23-14-22(25-32-23)24(27)26(19-12-13-33(28,29)16-19)15-17-4-8-20(30-2)9-5-17/h4-11,14,19H,3,12-13,15-16H2,1-2H3/t19-/m1/s1. The molecule has 174 valence electrons. The van der Waals surface area contributed by atoms with Crippen molar-refractivity contribution in [1.82, 2.24) is 10.1 Å². The summed E-state index contributed by atoms with van der Waals surface area (Å²) in [5.74, 6) is 1.54. The molecule has 0 saturated carbocycles. The maximum atomic E-state index is 13.4. The predicted molar refractivity (Wildman–Crippen MR) is 123 cm³/mol. The van der Waals surface area contributed by atoms with Crippen molar-refractivity contribution in [1.29, 1.82) is 0 Å². The van der Waals surface area contributed by atoms with Crippen molar-refractivity contribution in [2.24, 2.45) is 0 Å². The molecule has 1 aromatic heterocycles. The lowest BCUT2D eigenvalue weighted by molar-refractivity contribution is 0.0670. The number of rotatable bonds is 8.